The summed E-state index contributed by atoms with van der Waals surface area (Å²) in [6, 6.07) is 95.3. The Balaban J connectivity index is 0.968. The third-order valence-electron chi connectivity index (χ3n) is 14.4. The van der Waals surface area contributed by atoms with E-state index in [1.54, 1.807) is 0 Å². The molecule has 11 aromatic rings. The van der Waals surface area contributed by atoms with Crippen LogP contribution in [-0.4, -0.2) is 0 Å². The molecule has 0 aromatic heterocycles. The zero-order chi connectivity index (χ0) is 47.2. The van der Waals surface area contributed by atoms with Gasteiger partial charge < -0.3 is 9.80 Å². The van der Waals surface area contributed by atoms with Crippen LogP contribution in [0.4, 0.5) is 34.1 Å². The zero-order valence-electron chi connectivity index (χ0n) is 39.7. The normalized spacial score (nSPS) is 12.3. The zero-order valence-corrected chi connectivity index (χ0v) is 39.7. The van der Waals surface area contributed by atoms with Gasteiger partial charge in [0.05, 0.1) is 0 Å². The van der Waals surface area contributed by atoms with Gasteiger partial charge in [0, 0.05) is 39.5 Å². The van der Waals surface area contributed by atoms with Gasteiger partial charge in [-0.1, -0.05) is 190 Å². The Morgan fingerprint density at radius 1 is 0.271 bits per heavy atom. The summed E-state index contributed by atoms with van der Waals surface area (Å²) >= 11 is 0. The van der Waals surface area contributed by atoms with Gasteiger partial charge in [-0.2, -0.15) is 0 Å². The Labute approximate surface area is 412 Å². The van der Waals surface area contributed by atoms with Gasteiger partial charge in [0.15, 0.2) is 0 Å². The lowest BCUT2D eigenvalue weighted by Gasteiger charge is -2.28. The van der Waals surface area contributed by atoms with Crippen molar-refractivity contribution < 1.29 is 0 Å². The maximum absolute atomic E-state index is 2.42. The standard InChI is InChI=1S/C68H52N2/c1-47-19-18-30-65-67(47)60-42-41-59(44-66(60)68(65,2)3)70(55-28-14-7-15-29-55)57-38-34-52(35-39-57)64-46-61(49-21-8-4-9-22-49)63(45-62(64)50-23-10-5-11-24-50)51-32-36-56(37-33-51)69(54-26-12-6-13-27-54)58-40-31-48-20-16-17-25-53(48)43-58/h4-46H,1-3H3. The first kappa shape index (κ1) is 42.6. The van der Waals surface area contributed by atoms with Crippen LogP contribution in [0.2, 0.25) is 0 Å². The lowest BCUT2D eigenvalue weighted by atomic mass is 9.82. The highest BCUT2D eigenvalue weighted by atomic mass is 15.1. The van der Waals surface area contributed by atoms with Crippen molar-refractivity contribution in [1.29, 1.82) is 0 Å². The highest BCUT2D eigenvalue weighted by Crippen LogP contribution is 2.52. The van der Waals surface area contributed by atoms with Crippen LogP contribution in [-0.2, 0) is 5.41 Å². The molecule has 0 spiro atoms. The summed E-state index contributed by atoms with van der Waals surface area (Å²) in [5, 5.41) is 2.44. The molecule has 1 aliphatic carbocycles. The number of para-hydroxylation sites is 2. The van der Waals surface area contributed by atoms with Crippen molar-refractivity contribution in [1.82, 2.24) is 0 Å². The first-order valence-corrected chi connectivity index (χ1v) is 24.3. The number of hydrogen-bond acceptors (Lipinski definition) is 2. The number of anilines is 6. The molecule has 0 unspecified atom stereocenters. The van der Waals surface area contributed by atoms with Crippen molar-refractivity contribution >= 4 is 44.9 Å². The van der Waals surface area contributed by atoms with E-state index in [1.165, 1.54) is 72.0 Å². The summed E-state index contributed by atoms with van der Waals surface area (Å²) in [6.45, 7) is 6.97. The molecule has 0 fully saturated rings. The fourth-order valence-electron chi connectivity index (χ4n) is 10.8. The van der Waals surface area contributed by atoms with Crippen LogP contribution in [0.3, 0.4) is 0 Å². The Hall–Kier alpha value is -8.72. The SMILES string of the molecule is Cc1cccc2c1-c1ccc(N(c3ccccc3)c3ccc(-c4cc(-c5ccccc5)c(-c5ccc(N(c6ccccc6)c6ccc7ccccc7c6)cc5)cc4-c4ccccc4)cc3)cc1C2(C)C. The number of aryl methyl sites for hydroxylation is 1. The van der Waals surface area contributed by atoms with Crippen molar-refractivity contribution in [2.24, 2.45) is 0 Å². The van der Waals surface area contributed by atoms with Crippen LogP contribution >= 0.6 is 0 Å². The molecule has 0 N–H and O–H groups in total. The number of benzene rings is 11. The molecule has 0 heterocycles. The van der Waals surface area contributed by atoms with Crippen LogP contribution in [0.5, 0.6) is 0 Å². The van der Waals surface area contributed by atoms with Gasteiger partial charge in [-0.05, 0) is 175 Å². The minimum Gasteiger partial charge on any atom is -0.310 e. The van der Waals surface area contributed by atoms with Crippen LogP contribution < -0.4 is 9.80 Å². The van der Waals surface area contributed by atoms with E-state index in [2.05, 4.69) is 291 Å². The first-order valence-electron chi connectivity index (χ1n) is 24.3. The van der Waals surface area contributed by atoms with Gasteiger partial charge in [-0.15, -0.1) is 0 Å². The molecule has 334 valence electrons. The first-order chi connectivity index (χ1) is 34.4. The Bertz CT molecular complexity index is 3650. The topological polar surface area (TPSA) is 6.48 Å². The van der Waals surface area contributed by atoms with E-state index < -0.39 is 0 Å². The molecule has 70 heavy (non-hydrogen) atoms. The van der Waals surface area contributed by atoms with Gasteiger partial charge in [0.25, 0.3) is 0 Å². The van der Waals surface area contributed by atoms with Gasteiger partial charge in [0.1, 0.15) is 0 Å². The number of nitrogens with zero attached hydrogens (tertiary/aromatic N) is 2. The Kier molecular flexibility index (Phi) is 10.8. The second-order valence-electron chi connectivity index (χ2n) is 19.0. The highest BCUT2D eigenvalue weighted by molar-refractivity contribution is 5.97. The van der Waals surface area contributed by atoms with E-state index in [0.717, 1.165) is 45.3 Å². The van der Waals surface area contributed by atoms with Gasteiger partial charge in [-0.3, -0.25) is 0 Å². The van der Waals surface area contributed by atoms with Crippen molar-refractivity contribution in [3.05, 3.63) is 278 Å². The van der Waals surface area contributed by atoms with E-state index >= 15 is 0 Å². The van der Waals surface area contributed by atoms with Crippen LogP contribution in [0.1, 0.15) is 30.5 Å². The van der Waals surface area contributed by atoms with Crippen LogP contribution in [0.25, 0.3) is 66.4 Å². The quantitative estimate of drug-likeness (QED) is 0.135. The van der Waals surface area contributed by atoms with Crippen molar-refractivity contribution in [2.75, 3.05) is 9.80 Å². The van der Waals surface area contributed by atoms with Crippen LogP contribution in [0.15, 0.2) is 261 Å². The third-order valence-corrected chi connectivity index (χ3v) is 14.4. The molecule has 0 saturated carbocycles. The average molecular weight is 897 g/mol. The summed E-state index contributed by atoms with van der Waals surface area (Å²) in [7, 11) is 0. The Morgan fingerprint density at radius 2 is 0.671 bits per heavy atom. The second-order valence-corrected chi connectivity index (χ2v) is 19.0. The maximum Gasteiger partial charge on any atom is 0.0468 e. The third kappa shape index (κ3) is 7.65. The average Bonchev–Trinajstić information content (AvgIpc) is 3.65. The van der Waals surface area contributed by atoms with E-state index in [9.17, 15) is 0 Å². The molecule has 0 bridgehead atoms. The Morgan fingerprint density at radius 3 is 1.19 bits per heavy atom. The second kappa shape index (κ2) is 17.7. The molecular formula is C68H52N2. The van der Waals surface area contributed by atoms with Crippen LogP contribution in [0, 0.1) is 6.92 Å². The fraction of sp³-hybridized carbons (Fsp3) is 0.0588. The molecule has 0 amide bonds. The maximum atomic E-state index is 2.42. The monoisotopic (exact) mass is 896 g/mol. The molecule has 1 aliphatic rings. The summed E-state index contributed by atoms with van der Waals surface area (Å²) in [4.78, 5) is 4.75. The lowest BCUT2D eigenvalue weighted by molar-refractivity contribution is 0.660. The molecule has 12 rings (SSSR count). The largest absolute Gasteiger partial charge is 0.310 e. The van der Waals surface area contributed by atoms with Gasteiger partial charge in [0.2, 0.25) is 0 Å². The summed E-state index contributed by atoms with van der Waals surface area (Å²) in [5.74, 6) is 0. The van der Waals surface area contributed by atoms with Crippen molar-refractivity contribution in [3.8, 4) is 55.6 Å². The minimum atomic E-state index is -0.113. The molecule has 0 radical (unpaired) electrons. The predicted molar refractivity (Wildman–Crippen MR) is 297 cm³/mol. The number of fused-ring (bicyclic) bond motifs is 4. The molecule has 0 aliphatic heterocycles. The molecule has 0 saturated heterocycles. The summed E-state index contributed by atoms with van der Waals surface area (Å²) in [6.07, 6.45) is 0. The minimum absolute atomic E-state index is 0.113. The predicted octanol–water partition coefficient (Wildman–Crippen LogP) is 19.1. The lowest BCUT2D eigenvalue weighted by Crippen LogP contribution is -2.16. The molecule has 0 atom stereocenters. The van der Waals surface area contributed by atoms with Gasteiger partial charge in [-0.25, -0.2) is 0 Å². The van der Waals surface area contributed by atoms with E-state index in [-0.39, 0.29) is 5.41 Å². The molecule has 11 aromatic carbocycles. The number of rotatable bonds is 10. The summed E-state index contributed by atoms with van der Waals surface area (Å²) < 4.78 is 0. The smallest absolute Gasteiger partial charge is 0.0468 e. The fourth-order valence-corrected chi connectivity index (χ4v) is 10.8. The molecule has 2 heteroatoms. The number of hydrogen-bond donors (Lipinski definition) is 0. The molecular weight excluding hydrogens is 845 g/mol. The van der Waals surface area contributed by atoms with Crippen molar-refractivity contribution in [2.45, 2.75) is 26.2 Å². The van der Waals surface area contributed by atoms with E-state index in [0.29, 0.717) is 0 Å². The van der Waals surface area contributed by atoms with Crippen molar-refractivity contribution in [3.63, 3.8) is 0 Å². The summed E-state index contributed by atoms with van der Waals surface area (Å²) in [5.41, 5.74) is 22.8. The van der Waals surface area contributed by atoms with E-state index in [1.807, 2.05) is 0 Å². The molecule has 2 nitrogen and oxygen atoms in total. The highest BCUT2D eigenvalue weighted by Gasteiger charge is 2.36. The van der Waals surface area contributed by atoms with E-state index in [4.69, 9.17) is 0 Å². The van der Waals surface area contributed by atoms with Gasteiger partial charge >= 0.3 is 0 Å².